The van der Waals surface area contributed by atoms with E-state index in [4.69, 9.17) is 4.74 Å². The van der Waals surface area contributed by atoms with E-state index in [1.54, 1.807) is 0 Å². The van der Waals surface area contributed by atoms with Gasteiger partial charge in [0.05, 0.1) is 12.7 Å². The Kier molecular flexibility index (Phi) is 3.91. The molecule has 116 valence electrons. The highest BCUT2D eigenvalue weighted by molar-refractivity contribution is 5.09. The van der Waals surface area contributed by atoms with Gasteiger partial charge in [-0.25, -0.2) is 0 Å². The molecule has 0 aromatic carbocycles. The van der Waals surface area contributed by atoms with Gasteiger partial charge in [0, 0.05) is 56.4 Å². The van der Waals surface area contributed by atoms with E-state index >= 15 is 0 Å². The molecule has 0 amide bonds. The maximum atomic E-state index is 6.13. The molecule has 0 radical (unpaired) electrons. The Morgan fingerprint density at radius 3 is 3.05 bits per heavy atom. The first-order chi connectivity index (χ1) is 10.9. The number of morpholine rings is 1. The van der Waals surface area contributed by atoms with Crippen molar-refractivity contribution in [2.75, 3.05) is 13.2 Å². The molecule has 1 aliphatic carbocycles. The first-order valence-electron chi connectivity index (χ1n) is 8.12. The van der Waals surface area contributed by atoms with Crippen LogP contribution in [0.4, 0.5) is 0 Å². The van der Waals surface area contributed by atoms with Gasteiger partial charge < -0.3 is 4.74 Å². The lowest BCUT2D eigenvalue weighted by Gasteiger charge is -2.39. The summed E-state index contributed by atoms with van der Waals surface area (Å²) < 4.78 is 8.17. The lowest BCUT2D eigenvalue weighted by molar-refractivity contribution is -0.0790. The minimum atomic E-state index is 0.342. The summed E-state index contributed by atoms with van der Waals surface area (Å²) in [4.78, 5) is 6.81. The van der Waals surface area contributed by atoms with Crippen molar-refractivity contribution in [3.8, 4) is 0 Å². The molecular formula is C17H22N4O. The number of hydrogen-bond donors (Lipinski definition) is 0. The van der Waals surface area contributed by atoms with Crippen LogP contribution in [0.15, 0.2) is 43.0 Å². The first-order valence-corrected chi connectivity index (χ1v) is 8.12. The summed E-state index contributed by atoms with van der Waals surface area (Å²) in [6.45, 7) is 3.79. The molecule has 5 heteroatoms. The van der Waals surface area contributed by atoms with E-state index in [0.717, 1.165) is 26.2 Å². The third kappa shape index (κ3) is 2.78. The van der Waals surface area contributed by atoms with Crippen molar-refractivity contribution >= 4 is 0 Å². The molecule has 5 nitrogen and oxygen atoms in total. The second-order valence-electron chi connectivity index (χ2n) is 6.30. The second-order valence-corrected chi connectivity index (χ2v) is 6.30. The lowest BCUT2D eigenvalue weighted by atomic mass is 10.0. The van der Waals surface area contributed by atoms with Crippen molar-refractivity contribution in [1.82, 2.24) is 19.7 Å². The van der Waals surface area contributed by atoms with E-state index in [2.05, 4.69) is 21.0 Å². The number of nitrogens with zero attached hydrogens (tertiary/aromatic N) is 4. The van der Waals surface area contributed by atoms with E-state index in [-0.39, 0.29) is 0 Å². The highest BCUT2D eigenvalue weighted by Gasteiger charge is 2.42. The van der Waals surface area contributed by atoms with E-state index < -0.39 is 0 Å². The molecule has 2 aliphatic rings. The summed E-state index contributed by atoms with van der Waals surface area (Å²) in [6, 6.07) is 6.70. The van der Waals surface area contributed by atoms with Crippen LogP contribution in [0.1, 0.15) is 18.4 Å². The van der Waals surface area contributed by atoms with Crippen molar-refractivity contribution in [2.24, 2.45) is 5.92 Å². The monoisotopic (exact) mass is 298 g/mol. The number of aromatic nitrogens is 3. The Morgan fingerprint density at radius 1 is 1.23 bits per heavy atom. The van der Waals surface area contributed by atoms with E-state index in [0.29, 0.717) is 18.1 Å². The van der Waals surface area contributed by atoms with Crippen molar-refractivity contribution in [3.63, 3.8) is 0 Å². The highest BCUT2D eigenvalue weighted by atomic mass is 16.5. The molecule has 1 saturated carbocycles. The lowest BCUT2D eigenvalue weighted by Crippen LogP contribution is -2.50. The molecule has 0 unspecified atom stereocenters. The van der Waals surface area contributed by atoms with Crippen LogP contribution in [-0.2, 0) is 17.8 Å². The predicted molar refractivity (Wildman–Crippen MR) is 83.1 cm³/mol. The summed E-state index contributed by atoms with van der Waals surface area (Å²) in [7, 11) is 0. The Labute approximate surface area is 130 Å². The van der Waals surface area contributed by atoms with Gasteiger partial charge in [-0.15, -0.1) is 0 Å². The molecular weight excluding hydrogens is 276 g/mol. The summed E-state index contributed by atoms with van der Waals surface area (Å²) in [5.41, 5.74) is 1.29. The van der Waals surface area contributed by atoms with E-state index in [9.17, 15) is 0 Å². The average molecular weight is 298 g/mol. The SMILES string of the molecule is c1cncc(CN2CCO[C@H]3[C@H](Cn4cccn4)CC[C@@H]32)c1. The minimum absolute atomic E-state index is 0.342. The van der Waals surface area contributed by atoms with Crippen molar-refractivity contribution in [3.05, 3.63) is 48.5 Å². The predicted octanol–water partition coefficient (Wildman–Crippen LogP) is 1.96. The fourth-order valence-corrected chi connectivity index (χ4v) is 3.90. The largest absolute Gasteiger partial charge is 0.375 e. The molecule has 2 fully saturated rings. The Hall–Kier alpha value is -1.72. The number of pyridine rings is 1. The average Bonchev–Trinajstić information content (AvgIpc) is 3.20. The zero-order valence-corrected chi connectivity index (χ0v) is 12.7. The molecule has 3 heterocycles. The fraction of sp³-hybridized carbons (Fsp3) is 0.529. The molecule has 0 spiro atoms. The second kappa shape index (κ2) is 6.18. The number of rotatable bonds is 4. The van der Waals surface area contributed by atoms with Crippen LogP contribution >= 0.6 is 0 Å². The molecule has 3 atom stereocenters. The van der Waals surface area contributed by atoms with Crippen molar-refractivity contribution in [2.45, 2.75) is 38.1 Å². The topological polar surface area (TPSA) is 43.2 Å². The molecule has 4 rings (SSSR count). The van der Waals surface area contributed by atoms with Gasteiger partial charge in [0.2, 0.25) is 0 Å². The molecule has 22 heavy (non-hydrogen) atoms. The van der Waals surface area contributed by atoms with Gasteiger partial charge in [0.1, 0.15) is 0 Å². The van der Waals surface area contributed by atoms with Gasteiger partial charge in [0.25, 0.3) is 0 Å². The summed E-state index contributed by atoms with van der Waals surface area (Å²) in [5, 5.41) is 4.34. The van der Waals surface area contributed by atoms with Crippen LogP contribution < -0.4 is 0 Å². The molecule has 0 bridgehead atoms. The smallest absolute Gasteiger partial charge is 0.0776 e. The Bertz CT molecular complexity index is 586. The molecule has 1 saturated heterocycles. The van der Waals surface area contributed by atoms with Gasteiger partial charge in [-0.1, -0.05) is 6.07 Å². The zero-order chi connectivity index (χ0) is 14.8. The number of hydrogen-bond acceptors (Lipinski definition) is 4. The summed E-state index contributed by atoms with van der Waals surface area (Å²) in [6.07, 6.45) is 10.5. The van der Waals surface area contributed by atoms with Crippen LogP contribution in [0.3, 0.4) is 0 Å². The normalized spacial score (nSPS) is 28.6. The quantitative estimate of drug-likeness (QED) is 0.865. The minimum Gasteiger partial charge on any atom is -0.375 e. The van der Waals surface area contributed by atoms with Crippen LogP contribution in [0, 0.1) is 5.92 Å². The number of fused-ring (bicyclic) bond motifs is 1. The van der Waals surface area contributed by atoms with Crippen LogP contribution in [0.2, 0.25) is 0 Å². The standard InChI is InChI=1S/C17H22N4O/c1-3-14(11-18-6-1)12-20-9-10-22-17-15(4-5-16(17)20)13-21-8-2-7-19-21/h1-3,6-8,11,15-17H,4-5,9-10,12-13H2/t15-,16-,17-/m0/s1. The van der Waals surface area contributed by atoms with Crippen molar-refractivity contribution < 1.29 is 4.74 Å². The van der Waals surface area contributed by atoms with Gasteiger partial charge in [-0.2, -0.15) is 5.10 Å². The Morgan fingerprint density at radius 2 is 2.23 bits per heavy atom. The first kappa shape index (κ1) is 13.9. The van der Waals surface area contributed by atoms with Crippen LogP contribution in [0.25, 0.3) is 0 Å². The molecule has 0 N–H and O–H groups in total. The molecule has 2 aromatic rings. The molecule has 1 aliphatic heterocycles. The number of ether oxygens (including phenoxy) is 1. The van der Waals surface area contributed by atoms with Crippen LogP contribution in [0.5, 0.6) is 0 Å². The Balaban J connectivity index is 1.44. The maximum absolute atomic E-state index is 6.13. The van der Waals surface area contributed by atoms with Crippen molar-refractivity contribution in [1.29, 1.82) is 0 Å². The van der Waals surface area contributed by atoms with Gasteiger partial charge in [-0.3, -0.25) is 14.6 Å². The molecule has 2 aromatic heterocycles. The highest BCUT2D eigenvalue weighted by Crippen LogP contribution is 2.36. The fourth-order valence-electron chi connectivity index (χ4n) is 3.90. The third-order valence-corrected chi connectivity index (χ3v) is 4.92. The van der Waals surface area contributed by atoms with E-state index in [1.165, 1.54) is 18.4 Å². The summed E-state index contributed by atoms with van der Waals surface area (Å²) >= 11 is 0. The van der Waals surface area contributed by atoms with Gasteiger partial charge >= 0.3 is 0 Å². The maximum Gasteiger partial charge on any atom is 0.0776 e. The zero-order valence-electron chi connectivity index (χ0n) is 12.7. The third-order valence-electron chi connectivity index (χ3n) is 4.92. The van der Waals surface area contributed by atoms with Gasteiger partial charge in [-0.05, 0) is 30.5 Å². The summed E-state index contributed by atoms with van der Waals surface area (Å²) in [5.74, 6) is 0.571. The van der Waals surface area contributed by atoms with E-state index in [1.807, 2.05) is 41.6 Å². The van der Waals surface area contributed by atoms with Crippen LogP contribution in [-0.4, -0.2) is 45.0 Å². The van der Waals surface area contributed by atoms with Gasteiger partial charge in [0.15, 0.2) is 0 Å².